The van der Waals surface area contributed by atoms with Crippen molar-refractivity contribution in [3.63, 3.8) is 0 Å². The van der Waals surface area contributed by atoms with Gasteiger partial charge in [0, 0.05) is 19.2 Å². The molecule has 2 rings (SSSR count). The molecule has 1 aromatic rings. The van der Waals surface area contributed by atoms with E-state index in [0.717, 1.165) is 0 Å². The van der Waals surface area contributed by atoms with Crippen molar-refractivity contribution in [3.05, 3.63) is 29.8 Å². The average molecular weight is 292 g/mol. The Balaban J connectivity index is 2.03. The number of amides is 1. The van der Waals surface area contributed by atoms with E-state index in [2.05, 4.69) is 5.32 Å². The van der Waals surface area contributed by atoms with Crippen LogP contribution in [0.25, 0.3) is 0 Å². The standard InChI is InChI=1S/C15H20N2O4/c1-16-15(19)13-10-21-8-7-17(13)9-14(18)11-3-5-12(20-2)6-4-11/h3-6,13H,7-10H2,1-2H3,(H,16,19). The highest BCUT2D eigenvalue weighted by Crippen LogP contribution is 2.14. The van der Waals surface area contributed by atoms with Crippen molar-refractivity contribution >= 4 is 11.7 Å². The van der Waals surface area contributed by atoms with E-state index in [1.165, 1.54) is 0 Å². The largest absolute Gasteiger partial charge is 0.497 e. The van der Waals surface area contributed by atoms with Crippen LogP contribution >= 0.6 is 0 Å². The molecule has 0 saturated carbocycles. The zero-order chi connectivity index (χ0) is 15.2. The summed E-state index contributed by atoms with van der Waals surface area (Å²) in [4.78, 5) is 26.0. The molecule has 0 bridgehead atoms. The third-order valence-corrected chi connectivity index (χ3v) is 3.55. The van der Waals surface area contributed by atoms with Crippen LogP contribution < -0.4 is 10.1 Å². The summed E-state index contributed by atoms with van der Waals surface area (Å²) in [5.41, 5.74) is 0.609. The van der Waals surface area contributed by atoms with E-state index >= 15 is 0 Å². The number of hydrogen-bond donors (Lipinski definition) is 1. The van der Waals surface area contributed by atoms with Gasteiger partial charge in [0.15, 0.2) is 5.78 Å². The van der Waals surface area contributed by atoms with Gasteiger partial charge in [-0.1, -0.05) is 0 Å². The van der Waals surface area contributed by atoms with Crippen molar-refractivity contribution in [1.82, 2.24) is 10.2 Å². The number of nitrogens with zero attached hydrogens (tertiary/aromatic N) is 1. The first-order chi connectivity index (χ1) is 10.2. The normalized spacial score (nSPS) is 19.0. The molecule has 6 nitrogen and oxygen atoms in total. The molecule has 1 aliphatic rings. The van der Waals surface area contributed by atoms with Gasteiger partial charge in [0.25, 0.3) is 0 Å². The molecular formula is C15H20N2O4. The third-order valence-electron chi connectivity index (χ3n) is 3.55. The first-order valence-electron chi connectivity index (χ1n) is 6.86. The summed E-state index contributed by atoms with van der Waals surface area (Å²) >= 11 is 0. The fourth-order valence-electron chi connectivity index (χ4n) is 2.29. The highest BCUT2D eigenvalue weighted by molar-refractivity contribution is 5.98. The number of carbonyl (C=O) groups excluding carboxylic acids is 2. The molecule has 1 saturated heterocycles. The summed E-state index contributed by atoms with van der Waals surface area (Å²) in [6, 6.07) is 6.56. The van der Waals surface area contributed by atoms with Crippen molar-refractivity contribution in [3.8, 4) is 5.75 Å². The minimum atomic E-state index is -0.411. The van der Waals surface area contributed by atoms with Gasteiger partial charge in [-0.3, -0.25) is 14.5 Å². The van der Waals surface area contributed by atoms with E-state index in [9.17, 15) is 9.59 Å². The van der Waals surface area contributed by atoms with Gasteiger partial charge in [0.05, 0.1) is 26.9 Å². The molecule has 0 aliphatic carbocycles. The van der Waals surface area contributed by atoms with Crippen molar-refractivity contribution in [2.24, 2.45) is 0 Å². The summed E-state index contributed by atoms with van der Waals surface area (Å²) in [5, 5.41) is 2.60. The smallest absolute Gasteiger partial charge is 0.239 e. The van der Waals surface area contributed by atoms with Crippen LogP contribution in [0.3, 0.4) is 0 Å². The van der Waals surface area contributed by atoms with Gasteiger partial charge in [-0.2, -0.15) is 0 Å². The van der Waals surface area contributed by atoms with Crippen LogP contribution in [0.15, 0.2) is 24.3 Å². The molecule has 0 spiro atoms. The highest BCUT2D eigenvalue weighted by atomic mass is 16.5. The molecule has 1 heterocycles. The Hall–Kier alpha value is -1.92. The second-order valence-electron chi connectivity index (χ2n) is 4.83. The van der Waals surface area contributed by atoms with Crippen LogP contribution in [0.2, 0.25) is 0 Å². The van der Waals surface area contributed by atoms with Gasteiger partial charge >= 0.3 is 0 Å². The van der Waals surface area contributed by atoms with Crippen molar-refractivity contribution in [2.45, 2.75) is 6.04 Å². The summed E-state index contributed by atoms with van der Waals surface area (Å²) in [5.74, 6) is 0.562. The number of likely N-dealkylation sites (N-methyl/N-ethyl adjacent to an activating group) is 1. The zero-order valence-electron chi connectivity index (χ0n) is 12.3. The van der Waals surface area contributed by atoms with Gasteiger partial charge in [-0.15, -0.1) is 0 Å². The summed E-state index contributed by atoms with van der Waals surface area (Å²) in [6.45, 7) is 1.62. The fraction of sp³-hybridized carbons (Fsp3) is 0.467. The maximum atomic E-state index is 12.3. The summed E-state index contributed by atoms with van der Waals surface area (Å²) in [6.07, 6.45) is 0. The highest BCUT2D eigenvalue weighted by Gasteiger charge is 2.30. The molecule has 1 amide bonds. The Morgan fingerprint density at radius 2 is 2.10 bits per heavy atom. The number of methoxy groups -OCH3 is 1. The second kappa shape index (κ2) is 7.19. The van der Waals surface area contributed by atoms with Crippen molar-refractivity contribution in [1.29, 1.82) is 0 Å². The van der Waals surface area contributed by atoms with E-state index in [4.69, 9.17) is 9.47 Å². The molecule has 114 valence electrons. The van der Waals surface area contributed by atoms with Gasteiger partial charge in [-0.25, -0.2) is 0 Å². The Morgan fingerprint density at radius 1 is 1.38 bits per heavy atom. The van der Waals surface area contributed by atoms with Crippen LogP contribution in [0.5, 0.6) is 5.75 Å². The monoisotopic (exact) mass is 292 g/mol. The van der Waals surface area contributed by atoms with Crippen LogP contribution in [0.1, 0.15) is 10.4 Å². The third kappa shape index (κ3) is 3.80. The van der Waals surface area contributed by atoms with E-state index < -0.39 is 6.04 Å². The molecular weight excluding hydrogens is 272 g/mol. The van der Waals surface area contributed by atoms with Crippen LogP contribution in [-0.2, 0) is 9.53 Å². The lowest BCUT2D eigenvalue weighted by atomic mass is 10.1. The van der Waals surface area contributed by atoms with E-state index in [1.807, 2.05) is 4.90 Å². The van der Waals surface area contributed by atoms with Crippen molar-refractivity contribution in [2.75, 3.05) is 40.5 Å². The number of carbonyl (C=O) groups is 2. The first kappa shape index (κ1) is 15.5. The molecule has 6 heteroatoms. The summed E-state index contributed by atoms with van der Waals surface area (Å²) < 4.78 is 10.4. The molecule has 1 aromatic carbocycles. The lowest BCUT2D eigenvalue weighted by Crippen LogP contribution is -2.54. The Morgan fingerprint density at radius 3 is 2.71 bits per heavy atom. The number of rotatable bonds is 5. The van der Waals surface area contributed by atoms with Crippen molar-refractivity contribution < 1.29 is 19.1 Å². The Labute approximate surface area is 124 Å². The van der Waals surface area contributed by atoms with E-state index in [1.54, 1.807) is 38.4 Å². The lowest BCUT2D eigenvalue weighted by molar-refractivity contribution is -0.131. The van der Waals surface area contributed by atoms with Gasteiger partial charge < -0.3 is 14.8 Å². The second-order valence-corrected chi connectivity index (χ2v) is 4.83. The maximum Gasteiger partial charge on any atom is 0.239 e. The van der Waals surface area contributed by atoms with Crippen LogP contribution in [0, 0.1) is 0 Å². The minimum Gasteiger partial charge on any atom is -0.497 e. The molecule has 21 heavy (non-hydrogen) atoms. The minimum absolute atomic E-state index is 0.0199. The van der Waals surface area contributed by atoms with E-state index in [0.29, 0.717) is 31.1 Å². The molecule has 1 unspecified atom stereocenters. The van der Waals surface area contributed by atoms with Crippen LogP contribution in [0.4, 0.5) is 0 Å². The molecule has 1 atom stereocenters. The first-order valence-corrected chi connectivity index (χ1v) is 6.86. The zero-order valence-corrected chi connectivity index (χ0v) is 12.3. The molecule has 1 N–H and O–H groups in total. The number of Topliss-reactive ketones (excluding diaryl/α,β-unsaturated/α-hetero) is 1. The SMILES string of the molecule is CNC(=O)C1COCCN1CC(=O)c1ccc(OC)cc1. The molecule has 0 aromatic heterocycles. The number of morpholine rings is 1. The number of ether oxygens (including phenoxy) is 2. The Kier molecular flexibility index (Phi) is 5.30. The quantitative estimate of drug-likeness (QED) is 0.792. The number of hydrogen-bond acceptors (Lipinski definition) is 5. The topological polar surface area (TPSA) is 67.9 Å². The lowest BCUT2D eigenvalue weighted by Gasteiger charge is -2.33. The molecule has 1 fully saturated rings. The Bertz CT molecular complexity index is 501. The van der Waals surface area contributed by atoms with Crippen LogP contribution in [-0.4, -0.2) is 63.1 Å². The number of ketones is 1. The average Bonchev–Trinajstić information content (AvgIpc) is 2.54. The summed E-state index contributed by atoms with van der Waals surface area (Å²) in [7, 11) is 3.17. The molecule has 0 radical (unpaired) electrons. The number of benzene rings is 1. The molecule has 1 aliphatic heterocycles. The van der Waals surface area contributed by atoms with E-state index in [-0.39, 0.29) is 18.2 Å². The van der Waals surface area contributed by atoms with Gasteiger partial charge in [0.1, 0.15) is 11.8 Å². The predicted octanol–water partition coefficient (Wildman–Crippen LogP) is 0.325. The van der Waals surface area contributed by atoms with Gasteiger partial charge in [-0.05, 0) is 24.3 Å². The predicted molar refractivity (Wildman–Crippen MR) is 77.6 cm³/mol. The maximum absolute atomic E-state index is 12.3. The van der Waals surface area contributed by atoms with Gasteiger partial charge in [0.2, 0.25) is 5.91 Å². The number of nitrogens with one attached hydrogen (secondary N) is 1. The fourth-order valence-corrected chi connectivity index (χ4v) is 2.29.